The Balaban J connectivity index is 2.19. The molecule has 2 aromatic rings. The lowest BCUT2D eigenvalue weighted by Crippen LogP contribution is -1.97. The van der Waals surface area contributed by atoms with Crippen LogP contribution in [-0.4, -0.2) is 15.6 Å². The molecule has 0 aliphatic carbocycles. The second-order valence-electron chi connectivity index (χ2n) is 4.47. The van der Waals surface area contributed by atoms with Crippen LogP contribution in [0.2, 0.25) is 5.02 Å². The third-order valence-corrected chi connectivity index (χ3v) is 3.28. The minimum atomic E-state index is -0.668. The van der Waals surface area contributed by atoms with Crippen LogP contribution in [0.4, 0.5) is 11.4 Å². The maximum Gasteiger partial charge on any atom is 0.288 e. The largest absolute Gasteiger partial charge is 0.289 e. The highest BCUT2D eigenvalue weighted by molar-refractivity contribution is 6.32. The van der Waals surface area contributed by atoms with Crippen LogP contribution in [0.5, 0.6) is 0 Å². The van der Waals surface area contributed by atoms with Crippen molar-refractivity contribution >= 4 is 34.8 Å². The van der Waals surface area contributed by atoms with E-state index in [1.165, 1.54) is 48.6 Å². The van der Waals surface area contributed by atoms with Gasteiger partial charge in [-0.1, -0.05) is 17.7 Å². The van der Waals surface area contributed by atoms with Crippen molar-refractivity contribution in [2.24, 2.45) is 0 Å². The third-order valence-electron chi connectivity index (χ3n) is 2.96. The fourth-order valence-corrected chi connectivity index (χ4v) is 1.97. The Hall–Kier alpha value is -3.06. The number of non-ortho nitro benzene ring substituents is 1. The van der Waals surface area contributed by atoms with Crippen LogP contribution >= 0.6 is 11.6 Å². The zero-order valence-electron chi connectivity index (χ0n) is 11.5. The Kier molecular flexibility index (Phi) is 4.82. The van der Waals surface area contributed by atoms with Gasteiger partial charge < -0.3 is 0 Å². The number of carbonyl (C=O) groups excluding carboxylic acids is 1. The molecule has 0 aromatic heterocycles. The number of allylic oxidation sites excluding steroid dienone is 1. The van der Waals surface area contributed by atoms with Crippen LogP contribution < -0.4 is 0 Å². The van der Waals surface area contributed by atoms with E-state index in [4.69, 9.17) is 11.6 Å². The minimum absolute atomic E-state index is 0.0501. The van der Waals surface area contributed by atoms with E-state index >= 15 is 0 Å². The molecule has 0 fully saturated rings. The molecule has 0 heterocycles. The number of nitrogens with zero attached hydrogens (tertiary/aromatic N) is 2. The highest BCUT2D eigenvalue weighted by Gasteiger charge is 2.15. The van der Waals surface area contributed by atoms with Crippen molar-refractivity contribution in [2.45, 2.75) is 0 Å². The molecule has 23 heavy (non-hydrogen) atoms. The molecule has 8 heteroatoms. The molecule has 2 aromatic carbocycles. The van der Waals surface area contributed by atoms with Crippen LogP contribution in [0.15, 0.2) is 48.5 Å². The number of nitro benzene ring substituents is 2. The lowest BCUT2D eigenvalue weighted by molar-refractivity contribution is -0.385. The fraction of sp³-hybridized carbons (Fsp3) is 0. The second kappa shape index (κ2) is 6.80. The van der Waals surface area contributed by atoms with Gasteiger partial charge in [0.25, 0.3) is 11.4 Å². The maximum atomic E-state index is 12.0. The SMILES string of the molecule is O=C(/C=C/c1ccc([N+](=O)[O-])cc1)c1ccc(Cl)c([N+](=O)[O-])c1. The smallest absolute Gasteiger partial charge is 0.288 e. The van der Waals surface area contributed by atoms with Gasteiger partial charge in [-0.2, -0.15) is 0 Å². The van der Waals surface area contributed by atoms with E-state index < -0.39 is 15.6 Å². The normalized spacial score (nSPS) is 10.7. The molecule has 7 nitrogen and oxygen atoms in total. The summed E-state index contributed by atoms with van der Waals surface area (Å²) in [6.45, 7) is 0. The molecule has 0 bridgehead atoms. The van der Waals surface area contributed by atoms with Gasteiger partial charge in [0.05, 0.1) is 9.85 Å². The summed E-state index contributed by atoms with van der Waals surface area (Å²) in [5, 5.41) is 21.3. The first-order chi connectivity index (χ1) is 10.9. The standard InChI is InChI=1S/C15H9ClN2O5/c16-13-7-4-11(9-14(13)18(22)23)15(19)8-3-10-1-5-12(6-2-10)17(20)21/h1-9H/b8-3+. The highest BCUT2D eigenvalue weighted by atomic mass is 35.5. The number of ketones is 1. The molecule has 0 unspecified atom stereocenters. The summed E-state index contributed by atoms with van der Waals surface area (Å²) in [5.41, 5.74) is 0.315. The molecule has 0 saturated carbocycles. The number of carbonyl (C=O) groups is 1. The van der Waals surface area contributed by atoms with E-state index in [1.807, 2.05) is 0 Å². The van der Waals surface area contributed by atoms with E-state index in [0.717, 1.165) is 6.07 Å². The number of rotatable bonds is 5. The van der Waals surface area contributed by atoms with E-state index in [-0.39, 0.29) is 22.0 Å². The van der Waals surface area contributed by atoms with Gasteiger partial charge in [0.1, 0.15) is 5.02 Å². The molecule has 2 rings (SSSR count). The van der Waals surface area contributed by atoms with Crippen molar-refractivity contribution in [2.75, 3.05) is 0 Å². The molecule has 0 saturated heterocycles. The van der Waals surface area contributed by atoms with Crippen molar-refractivity contribution in [1.29, 1.82) is 0 Å². The summed E-state index contributed by atoms with van der Waals surface area (Å²) in [5.74, 6) is -0.442. The number of hydrogen-bond acceptors (Lipinski definition) is 5. The van der Waals surface area contributed by atoms with Crippen LogP contribution in [0, 0.1) is 20.2 Å². The summed E-state index contributed by atoms with van der Waals surface area (Å²) in [6.07, 6.45) is 2.70. The van der Waals surface area contributed by atoms with Crippen molar-refractivity contribution in [3.8, 4) is 0 Å². The maximum absolute atomic E-state index is 12.0. The van der Waals surface area contributed by atoms with Crippen molar-refractivity contribution in [1.82, 2.24) is 0 Å². The zero-order chi connectivity index (χ0) is 17.0. The van der Waals surface area contributed by atoms with Gasteiger partial charge in [0.2, 0.25) is 0 Å². The summed E-state index contributed by atoms with van der Waals surface area (Å²) >= 11 is 5.68. The molecule has 0 aliphatic rings. The lowest BCUT2D eigenvalue weighted by atomic mass is 10.1. The Morgan fingerprint density at radius 1 is 1.00 bits per heavy atom. The van der Waals surface area contributed by atoms with Crippen molar-refractivity contribution in [3.63, 3.8) is 0 Å². The van der Waals surface area contributed by atoms with Gasteiger partial charge in [-0.25, -0.2) is 0 Å². The second-order valence-corrected chi connectivity index (χ2v) is 4.88. The first-order valence-electron chi connectivity index (χ1n) is 6.29. The topological polar surface area (TPSA) is 103 Å². The fourth-order valence-electron chi connectivity index (χ4n) is 1.78. The Morgan fingerprint density at radius 3 is 2.22 bits per heavy atom. The van der Waals surface area contributed by atoms with E-state index in [9.17, 15) is 25.0 Å². The summed E-state index contributed by atoms with van der Waals surface area (Å²) < 4.78 is 0. The van der Waals surface area contributed by atoms with E-state index in [1.54, 1.807) is 0 Å². The molecule has 116 valence electrons. The van der Waals surface area contributed by atoms with Crippen molar-refractivity contribution in [3.05, 3.63) is 84.9 Å². The first-order valence-corrected chi connectivity index (χ1v) is 6.67. The average Bonchev–Trinajstić information content (AvgIpc) is 2.53. The Morgan fingerprint density at radius 2 is 1.65 bits per heavy atom. The zero-order valence-corrected chi connectivity index (χ0v) is 12.3. The van der Waals surface area contributed by atoms with Crippen molar-refractivity contribution < 1.29 is 14.6 Å². The third kappa shape index (κ3) is 3.98. The van der Waals surface area contributed by atoms with Gasteiger partial charge >= 0.3 is 0 Å². The van der Waals surface area contributed by atoms with Crippen LogP contribution in [0.25, 0.3) is 6.08 Å². The summed E-state index contributed by atoms with van der Waals surface area (Å²) in [7, 11) is 0. The average molecular weight is 333 g/mol. The van der Waals surface area contributed by atoms with Crippen LogP contribution in [0.3, 0.4) is 0 Å². The van der Waals surface area contributed by atoms with Gasteiger partial charge in [-0.15, -0.1) is 0 Å². The Bertz CT molecular complexity index is 815. The molecule has 0 amide bonds. The molecule has 0 radical (unpaired) electrons. The van der Waals surface area contributed by atoms with Gasteiger partial charge in [0, 0.05) is 23.8 Å². The number of nitro groups is 2. The predicted octanol–water partition coefficient (Wildman–Crippen LogP) is 4.05. The van der Waals surface area contributed by atoms with E-state index in [0.29, 0.717) is 5.56 Å². The monoisotopic (exact) mass is 332 g/mol. The number of hydrogen-bond donors (Lipinski definition) is 0. The van der Waals surface area contributed by atoms with Gasteiger partial charge in [0.15, 0.2) is 5.78 Å². The first kappa shape index (κ1) is 16.3. The van der Waals surface area contributed by atoms with Gasteiger partial charge in [-0.3, -0.25) is 25.0 Å². The number of benzene rings is 2. The lowest BCUT2D eigenvalue weighted by Gasteiger charge is -1.99. The predicted molar refractivity (Wildman–Crippen MR) is 84.6 cm³/mol. The Labute approximate surface area is 135 Å². The summed E-state index contributed by atoms with van der Waals surface area (Å²) in [6, 6.07) is 9.39. The van der Waals surface area contributed by atoms with Gasteiger partial charge in [-0.05, 0) is 35.9 Å². The molecular formula is C15H9ClN2O5. The molecule has 0 spiro atoms. The minimum Gasteiger partial charge on any atom is -0.289 e. The molecular weight excluding hydrogens is 324 g/mol. The quantitative estimate of drug-likeness (QED) is 0.355. The van der Waals surface area contributed by atoms with Crippen LogP contribution in [-0.2, 0) is 0 Å². The van der Waals surface area contributed by atoms with E-state index in [2.05, 4.69) is 0 Å². The number of halogens is 1. The summed E-state index contributed by atoms with van der Waals surface area (Å²) in [4.78, 5) is 32.2. The molecule has 0 aliphatic heterocycles. The van der Waals surface area contributed by atoms with Crippen LogP contribution in [0.1, 0.15) is 15.9 Å². The molecule has 0 N–H and O–H groups in total. The highest BCUT2D eigenvalue weighted by Crippen LogP contribution is 2.25. The molecule has 0 atom stereocenters.